The molecule has 6 nitrogen and oxygen atoms in total. The smallest absolute Gasteiger partial charge is 0.262 e. The van der Waals surface area contributed by atoms with E-state index in [4.69, 9.17) is 4.74 Å². The second-order valence-corrected chi connectivity index (χ2v) is 8.69. The number of nitrogens with one attached hydrogen (secondary N) is 2. The number of hydrogen-bond acceptors (Lipinski definition) is 4. The molecule has 1 amide bonds. The molecule has 0 radical (unpaired) electrons. The summed E-state index contributed by atoms with van der Waals surface area (Å²) in [4.78, 5) is 12.4. The van der Waals surface area contributed by atoms with Crippen molar-refractivity contribution in [2.45, 2.75) is 44.6 Å². The molecule has 0 bridgehead atoms. The van der Waals surface area contributed by atoms with Crippen LogP contribution in [0, 0.1) is 20.8 Å². The fraction of sp³-hybridized carbons (Fsp3) is 0.350. The Labute approximate surface area is 160 Å². The maximum absolute atomic E-state index is 12.3. The molecule has 1 fully saturated rings. The quantitative estimate of drug-likeness (QED) is 0.763. The minimum Gasteiger partial charge on any atom is -0.483 e. The number of ether oxygens (including phenoxy) is 1. The third-order valence-electron chi connectivity index (χ3n) is 4.38. The summed E-state index contributed by atoms with van der Waals surface area (Å²) in [7, 11) is -3.50. The molecule has 0 atom stereocenters. The molecule has 1 saturated carbocycles. The van der Waals surface area contributed by atoms with Crippen LogP contribution in [0.3, 0.4) is 0 Å². The second kappa shape index (κ2) is 7.70. The van der Waals surface area contributed by atoms with Gasteiger partial charge in [0, 0.05) is 11.7 Å². The molecule has 0 unspecified atom stereocenters. The van der Waals surface area contributed by atoms with Crippen LogP contribution in [0.15, 0.2) is 41.3 Å². The van der Waals surface area contributed by atoms with E-state index in [9.17, 15) is 13.2 Å². The molecule has 2 aromatic carbocycles. The monoisotopic (exact) mass is 388 g/mol. The molecule has 0 aromatic heterocycles. The van der Waals surface area contributed by atoms with Gasteiger partial charge in [-0.3, -0.25) is 4.79 Å². The van der Waals surface area contributed by atoms with Gasteiger partial charge in [0.05, 0.1) is 4.90 Å². The largest absolute Gasteiger partial charge is 0.483 e. The Balaban J connectivity index is 1.62. The number of sulfonamides is 1. The summed E-state index contributed by atoms with van der Waals surface area (Å²) in [6.45, 7) is 5.49. The molecular weight excluding hydrogens is 364 g/mol. The van der Waals surface area contributed by atoms with Gasteiger partial charge in [-0.15, -0.1) is 0 Å². The molecule has 2 N–H and O–H groups in total. The number of amides is 1. The van der Waals surface area contributed by atoms with E-state index >= 15 is 0 Å². The predicted octanol–water partition coefficient (Wildman–Crippen LogP) is 3.07. The van der Waals surface area contributed by atoms with Crippen molar-refractivity contribution in [2.24, 2.45) is 0 Å². The molecule has 0 heterocycles. The van der Waals surface area contributed by atoms with Crippen LogP contribution < -0.4 is 14.8 Å². The number of carbonyl (C=O) groups is 1. The van der Waals surface area contributed by atoms with Gasteiger partial charge in [0.25, 0.3) is 5.91 Å². The number of aryl methyl sites for hydroxylation is 3. The summed E-state index contributed by atoms with van der Waals surface area (Å²) in [6, 6.07) is 10.5. The van der Waals surface area contributed by atoms with Crippen molar-refractivity contribution in [3.05, 3.63) is 53.1 Å². The van der Waals surface area contributed by atoms with Crippen LogP contribution in [0.1, 0.15) is 29.5 Å². The van der Waals surface area contributed by atoms with Crippen LogP contribution in [0.4, 0.5) is 5.69 Å². The van der Waals surface area contributed by atoms with Crippen molar-refractivity contribution in [3.8, 4) is 5.75 Å². The van der Waals surface area contributed by atoms with Gasteiger partial charge in [0.1, 0.15) is 5.75 Å². The van der Waals surface area contributed by atoms with Crippen molar-refractivity contribution in [1.82, 2.24) is 4.72 Å². The first-order chi connectivity index (χ1) is 12.7. The van der Waals surface area contributed by atoms with Gasteiger partial charge in [0.2, 0.25) is 10.0 Å². The van der Waals surface area contributed by atoms with Crippen LogP contribution >= 0.6 is 0 Å². The van der Waals surface area contributed by atoms with Crippen LogP contribution in [-0.2, 0) is 14.8 Å². The number of benzene rings is 2. The summed E-state index contributed by atoms with van der Waals surface area (Å²) >= 11 is 0. The van der Waals surface area contributed by atoms with Crippen LogP contribution in [0.5, 0.6) is 5.75 Å². The molecule has 0 aliphatic heterocycles. The maximum Gasteiger partial charge on any atom is 0.262 e. The maximum atomic E-state index is 12.3. The third-order valence-corrected chi connectivity index (χ3v) is 5.90. The Morgan fingerprint density at radius 2 is 1.81 bits per heavy atom. The van der Waals surface area contributed by atoms with Gasteiger partial charge in [-0.1, -0.05) is 12.1 Å². The highest BCUT2D eigenvalue weighted by molar-refractivity contribution is 7.89. The van der Waals surface area contributed by atoms with Crippen molar-refractivity contribution in [3.63, 3.8) is 0 Å². The first-order valence-corrected chi connectivity index (χ1v) is 10.4. The zero-order valence-electron chi connectivity index (χ0n) is 15.7. The Kier molecular flexibility index (Phi) is 5.53. The van der Waals surface area contributed by atoms with Gasteiger partial charge >= 0.3 is 0 Å². The van der Waals surface area contributed by atoms with Crippen molar-refractivity contribution in [2.75, 3.05) is 11.9 Å². The van der Waals surface area contributed by atoms with Crippen molar-refractivity contribution < 1.29 is 17.9 Å². The molecule has 3 rings (SSSR count). The summed E-state index contributed by atoms with van der Waals surface area (Å²) < 4.78 is 32.7. The number of anilines is 1. The van der Waals surface area contributed by atoms with E-state index in [1.165, 1.54) is 6.07 Å². The average molecular weight is 388 g/mol. The van der Waals surface area contributed by atoms with E-state index in [0.29, 0.717) is 11.3 Å². The fourth-order valence-corrected chi connectivity index (χ4v) is 4.03. The highest BCUT2D eigenvalue weighted by Gasteiger charge is 2.28. The number of hydrogen-bond donors (Lipinski definition) is 2. The van der Waals surface area contributed by atoms with Gasteiger partial charge in [-0.25, -0.2) is 13.1 Å². The normalized spacial score (nSPS) is 14.0. The fourth-order valence-electron chi connectivity index (χ4n) is 2.64. The highest BCUT2D eigenvalue weighted by atomic mass is 32.2. The van der Waals surface area contributed by atoms with Gasteiger partial charge < -0.3 is 10.1 Å². The topological polar surface area (TPSA) is 84.5 Å². The number of carbonyl (C=O) groups excluding carboxylic acids is 1. The first kappa shape index (κ1) is 19.4. The molecule has 0 spiro atoms. The van der Waals surface area contributed by atoms with Gasteiger partial charge in [0.15, 0.2) is 6.61 Å². The summed E-state index contributed by atoms with van der Waals surface area (Å²) in [5, 5.41) is 2.84. The summed E-state index contributed by atoms with van der Waals surface area (Å²) in [5.41, 5.74) is 3.45. The molecule has 7 heteroatoms. The third kappa shape index (κ3) is 5.08. The van der Waals surface area contributed by atoms with E-state index in [0.717, 1.165) is 29.7 Å². The van der Waals surface area contributed by atoms with Gasteiger partial charge in [-0.05, 0) is 74.6 Å². The lowest BCUT2D eigenvalue weighted by Crippen LogP contribution is -2.25. The molecule has 0 saturated heterocycles. The van der Waals surface area contributed by atoms with E-state index in [2.05, 4.69) is 10.0 Å². The average Bonchev–Trinajstić information content (AvgIpc) is 3.40. The second-order valence-electron chi connectivity index (χ2n) is 6.98. The van der Waals surface area contributed by atoms with Crippen LogP contribution in [0.2, 0.25) is 0 Å². The number of rotatable bonds is 7. The Bertz CT molecular complexity index is 966. The van der Waals surface area contributed by atoms with Crippen molar-refractivity contribution in [1.29, 1.82) is 0 Å². The molecule has 27 heavy (non-hydrogen) atoms. The SMILES string of the molecule is Cc1ccc(C)c(NC(=O)COc2ccc(S(=O)(=O)NC3CC3)cc2C)c1. The molecule has 2 aromatic rings. The lowest BCUT2D eigenvalue weighted by molar-refractivity contribution is -0.118. The lowest BCUT2D eigenvalue weighted by atomic mass is 10.1. The zero-order valence-corrected chi connectivity index (χ0v) is 16.5. The van der Waals surface area contributed by atoms with E-state index in [1.807, 2.05) is 32.0 Å². The minimum atomic E-state index is -3.50. The van der Waals surface area contributed by atoms with Crippen LogP contribution in [-0.4, -0.2) is 27.0 Å². The van der Waals surface area contributed by atoms with Crippen molar-refractivity contribution >= 4 is 21.6 Å². The highest BCUT2D eigenvalue weighted by Crippen LogP contribution is 2.25. The Morgan fingerprint density at radius 1 is 1.07 bits per heavy atom. The van der Waals surface area contributed by atoms with E-state index in [1.54, 1.807) is 19.1 Å². The molecule has 1 aliphatic carbocycles. The van der Waals surface area contributed by atoms with E-state index < -0.39 is 10.0 Å². The first-order valence-electron chi connectivity index (χ1n) is 8.87. The summed E-state index contributed by atoms with van der Waals surface area (Å²) in [6.07, 6.45) is 1.77. The standard InChI is InChI=1S/C20H24N2O4S/c1-13-4-5-14(2)18(10-13)21-20(23)12-26-19-9-8-17(11-15(19)3)27(24,25)22-16-6-7-16/h4-5,8-11,16,22H,6-7,12H2,1-3H3,(H,21,23). The minimum absolute atomic E-state index is 0.0556. The Morgan fingerprint density at radius 3 is 2.48 bits per heavy atom. The lowest BCUT2D eigenvalue weighted by Gasteiger charge is -2.13. The molecule has 144 valence electrons. The zero-order chi connectivity index (χ0) is 19.6. The van der Waals surface area contributed by atoms with Crippen LogP contribution in [0.25, 0.3) is 0 Å². The Hall–Kier alpha value is -2.38. The van der Waals surface area contributed by atoms with Gasteiger partial charge in [-0.2, -0.15) is 0 Å². The van der Waals surface area contributed by atoms with E-state index in [-0.39, 0.29) is 23.5 Å². The summed E-state index contributed by atoms with van der Waals surface area (Å²) in [5.74, 6) is 0.215. The predicted molar refractivity (Wildman–Crippen MR) is 105 cm³/mol. The molecular formula is C20H24N2O4S. The molecule has 1 aliphatic rings.